The summed E-state index contributed by atoms with van der Waals surface area (Å²) < 4.78 is 0. The molecule has 2 heteroatoms. The van der Waals surface area contributed by atoms with Gasteiger partial charge in [0.05, 0.1) is 0 Å². The topological polar surface area (TPSA) is 29.3 Å². The van der Waals surface area contributed by atoms with Gasteiger partial charge in [0.1, 0.15) is 0 Å². The molecule has 2 N–H and O–H groups in total. The summed E-state index contributed by atoms with van der Waals surface area (Å²) in [5.74, 6) is 2.32. The van der Waals surface area contributed by atoms with Crippen LogP contribution in [0.1, 0.15) is 44.7 Å². The van der Waals surface area contributed by atoms with Crippen LogP contribution in [0.4, 0.5) is 5.69 Å². The fraction of sp³-hybridized carbons (Fsp3) is 0.647. The summed E-state index contributed by atoms with van der Waals surface area (Å²) in [5, 5.41) is 0. The molecule has 0 radical (unpaired) electrons. The van der Waals surface area contributed by atoms with Crippen LogP contribution >= 0.6 is 0 Å². The summed E-state index contributed by atoms with van der Waals surface area (Å²) in [4.78, 5) is 2.12. The lowest BCUT2D eigenvalue weighted by molar-refractivity contribution is 0.186. The molecule has 0 spiro atoms. The van der Waals surface area contributed by atoms with Crippen molar-refractivity contribution in [3.63, 3.8) is 0 Å². The predicted molar refractivity (Wildman–Crippen MR) is 83.4 cm³/mol. The highest BCUT2D eigenvalue weighted by Gasteiger charge is 2.29. The molecule has 2 nitrogen and oxygen atoms in total. The van der Waals surface area contributed by atoms with E-state index in [1.54, 1.807) is 0 Å². The monoisotopic (exact) mass is 260 g/mol. The lowest BCUT2D eigenvalue weighted by Crippen LogP contribution is -2.29. The normalized spacial score (nSPS) is 29.0. The van der Waals surface area contributed by atoms with Crippen LogP contribution < -0.4 is 10.6 Å². The molecule has 0 saturated heterocycles. The second kappa shape index (κ2) is 5.96. The van der Waals surface area contributed by atoms with E-state index in [9.17, 15) is 0 Å². The second-order valence-electron chi connectivity index (χ2n) is 6.54. The SMILES string of the molecule is CC1CCC(C(N)c2ccc(N(C)C)cc2)CC1C. The number of benzene rings is 1. The molecule has 0 aliphatic heterocycles. The molecule has 0 bridgehead atoms. The summed E-state index contributed by atoms with van der Waals surface area (Å²) in [7, 11) is 4.14. The summed E-state index contributed by atoms with van der Waals surface area (Å²) >= 11 is 0. The van der Waals surface area contributed by atoms with Gasteiger partial charge in [0.15, 0.2) is 0 Å². The van der Waals surface area contributed by atoms with Crippen LogP contribution in [0.15, 0.2) is 24.3 Å². The van der Waals surface area contributed by atoms with Gasteiger partial charge >= 0.3 is 0 Å². The third kappa shape index (κ3) is 3.30. The minimum Gasteiger partial charge on any atom is -0.378 e. The number of nitrogens with zero attached hydrogens (tertiary/aromatic N) is 1. The molecule has 2 rings (SSSR count). The van der Waals surface area contributed by atoms with Crippen LogP contribution in [-0.4, -0.2) is 14.1 Å². The molecule has 0 amide bonds. The molecular formula is C17H28N2. The van der Waals surface area contributed by atoms with Crippen LogP contribution in [0.3, 0.4) is 0 Å². The third-order valence-electron chi connectivity index (χ3n) is 4.94. The van der Waals surface area contributed by atoms with Crippen molar-refractivity contribution < 1.29 is 0 Å². The minimum atomic E-state index is 0.200. The highest BCUT2D eigenvalue weighted by Crippen LogP contribution is 2.38. The van der Waals surface area contributed by atoms with Gasteiger partial charge in [-0.1, -0.05) is 32.4 Å². The second-order valence-corrected chi connectivity index (χ2v) is 6.54. The summed E-state index contributed by atoms with van der Waals surface area (Å²) in [6.45, 7) is 4.75. The fourth-order valence-electron chi connectivity index (χ4n) is 3.18. The van der Waals surface area contributed by atoms with E-state index < -0.39 is 0 Å². The number of hydrogen-bond acceptors (Lipinski definition) is 2. The number of nitrogens with two attached hydrogens (primary N) is 1. The highest BCUT2D eigenvalue weighted by atomic mass is 15.1. The van der Waals surface area contributed by atoms with Crippen molar-refractivity contribution in [3.8, 4) is 0 Å². The van der Waals surface area contributed by atoms with Crippen molar-refractivity contribution in [1.82, 2.24) is 0 Å². The van der Waals surface area contributed by atoms with Gasteiger partial charge in [-0.3, -0.25) is 0 Å². The molecule has 1 fully saturated rings. The van der Waals surface area contributed by atoms with Gasteiger partial charge < -0.3 is 10.6 Å². The fourth-order valence-corrected chi connectivity index (χ4v) is 3.18. The van der Waals surface area contributed by atoms with Crippen LogP contribution in [-0.2, 0) is 0 Å². The Labute approximate surface area is 118 Å². The maximum Gasteiger partial charge on any atom is 0.0361 e. The van der Waals surface area contributed by atoms with Crippen molar-refractivity contribution >= 4 is 5.69 Å². The Morgan fingerprint density at radius 1 is 1.05 bits per heavy atom. The first-order valence-corrected chi connectivity index (χ1v) is 7.52. The van der Waals surface area contributed by atoms with Crippen LogP contribution in [0.5, 0.6) is 0 Å². The first-order chi connectivity index (χ1) is 8.99. The van der Waals surface area contributed by atoms with Gasteiger partial charge in [-0.25, -0.2) is 0 Å². The van der Waals surface area contributed by atoms with Gasteiger partial charge in [-0.05, 0) is 48.3 Å². The maximum absolute atomic E-state index is 6.49. The summed E-state index contributed by atoms with van der Waals surface area (Å²) in [6.07, 6.45) is 3.88. The lowest BCUT2D eigenvalue weighted by Gasteiger charge is -2.35. The molecule has 1 aromatic carbocycles. The van der Waals surface area contributed by atoms with Gasteiger partial charge in [0.25, 0.3) is 0 Å². The standard InChI is InChI=1S/C17H28N2/c1-12-5-6-15(11-13(12)2)17(18)14-7-9-16(10-8-14)19(3)4/h7-10,12-13,15,17H,5-6,11,18H2,1-4H3. The molecule has 1 aliphatic rings. The number of anilines is 1. The van der Waals surface area contributed by atoms with Gasteiger partial charge in [-0.15, -0.1) is 0 Å². The van der Waals surface area contributed by atoms with Gasteiger partial charge in [-0.2, -0.15) is 0 Å². The Bertz CT molecular complexity index is 396. The Morgan fingerprint density at radius 2 is 1.68 bits per heavy atom. The zero-order valence-electron chi connectivity index (χ0n) is 12.8. The van der Waals surface area contributed by atoms with Crippen LogP contribution in [0.25, 0.3) is 0 Å². The van der Waals surface area contributed by atoms with Crippen molar-refractivity contribution in [3.05, 3.63) is 29.8 Å². The molecule has 0 heterocycles. The number of hydrogen-bond donors (Lipinski definition) is 1. The van der Waals surface area contributed by atoms with Crippen molar-refractivity contribution in [2.24, 2.45) is 23.5 Å². The molecule has 1 saturated carbocycles. The first kappa shape index (κ1) is 14.4. The molecular weight excluding hydrogens is 232 g/mol. The van der Waals surface area contributed by atoms with Crippen molar-refractivity contribution in [2.75, 3.05) is 19.0 Å². The Kier molecular flexibility index (Phi) is 4.51. The molecule has 0 aromatic heterocycles. The van der Waals surface area contributed by atoms with E-state index in [0.29, 0.717) is 5.92 Å². The lowest BCUT2D eigenvalue weighted by atomic mass is 9.72. The molecule has 4 atom stereocenters. The van der Waals surface area contributed by atoms with Gasteiger partial charge in [0.2, 0.25) is 0 Å². The molecule has 106 valence electrons. The largest absolute Gasteiger partial charge is 0.378 e. The highest BCUT2D eigenvalue weighted by molar-refractivity contribution is 5.46. The van der Waals surface area contributed by atoms with E-state index in [-0.39, 0.29) is 6.04 Å². The molecule has 1 aromatic rings. The summed E-state index contributed by atoms with van der Waals surface area (Å²) in [6, 6.07) is 8.94. The first-order valence-electron chi connectivity index (χ1n) is 7.52. The predicted octanol–water partition coefficient (Wildman–Crippen LogP) is 3.82. The van der Waals surface area contributed by atoms with Gasteiger partial charge in [0, 0.05) is 25.8 Å². The van der Waals surface area contributed by atoms with E-state index in [4.69, 9.17) is 5.73 Å². The Hall–Kier alpha value is -1.02. The van der Waals surface area contributed by atoms with E-state index in [0.717, 1.165) is 11.8 Å². The minimum absolute atomic E-state index is 0.200. The zero-order chi connectivity index (χ0) is 14.0. The summed E-state index contributed by atoms with van der Waals surface area (Å²) in [5.41, 5.74) is 9.02. The Balaban J connectivity index is 2.05. The van der Waals surface area contributed by atoms with E-state index in [1.807, 2.05) is 0 Å². The molecule has 1 aliphatic carbocycles. The number of rotatable bonds is 3. The zero-order valence-corrected chi connectivity index (χ0v) is 12.8. The molecule has 4 unspecified atom stereocenters. The van der Waals surface area contributed by atoms with E-state index >= 15 is 0 Å². The van der Waals surface area contributed by atoms with Crippen LogP contribution in [0, 0.1) is 17.8 Å². The Morgan fingerprint density at radius 3 is 2.21 bits per heavy atom. The smallest absolute Gasteiger partial charge is 0.0361 e. The quantitative estimate of drug-likeness (QED) is 0.895. The van der Waals surface area contributed by atoms with Crippen LogP contribution in [0.2, 0.25) is 0 Å². The average molecular weight is 260 g/mol. The van der Waals surface area contributed by atoms with E-state index in [2.05, 4.69) is 57.1 Å². The average Bonchev–Trinajstić information content (AvgIpc) is 2.41. The third-order valence-corrected chi connectivity index (χ3v) is 4.94. The maximum atomic E-state index is 6.49. The molecule has 19 heavy (non-hydrogen) atoms. The van der Waals surface area contributed by atoms with Crippen molar-refractivity contribution in [2.45, 2.75) is 39.2 Å². The van der Waals surface area contributed by atoms with Crippen molar-refractivity contribution in [1.29, 1.82) is 0 Å². The van der Waals surface area contributed by atoms with E-state index in [1.165, 1.54) is 30.5 Å².